The van der Waals surface area contributed by atoms with Crippen molar-refractivity contribution in [2.75, 3.05) is 19.5 Å². The molecule has 94 valence electrons. The minimum Gasteiger partial charge on any atom is -0.497 e. The highest BCUT2D eigenvalue weighted by Gasteiger charge is 2.05. The third kappa shape index (κ3) is 2.96. The van der Waals surface area contributed by atoms with E-state index in [9.17, 15) is 0 Å². The van der Waals surface area contributed by atoms with E-state index in [1.54, 1.807) is 14.2 Å². The Hall–Kier alpha value is -1.68. The minimum atomic E-state index is 0.747. The summed E-state index contributed by atoms with van der Waals surface area (Å²) in [6, 6.07) is 13.6. The van der Waals surface area contributed by atoms with E-state index in [1.807, 2.05) is 42.5 Å². The molecule has 0 spiro atoms. The summed E-state index contributed by atoms with van der Waals surface area (Å²) >= 11 is 3.41. The predicted octanol–water partition coefficient (Wildman–Crippen LogP) is 4.21. The highest BCUT2D eigenvalue weighted by Crippen LogP contribution is 2.31. The quantitative estimate of drug-likeness (QED) is 0.918. The van der Waals surface area contributed by atoms with Crippen molar-refractivity contribution >= 4 is 27.3 Å². The fourth-order valence-electron chi connectivity index (χ4n) is 1.59. The predicted molar refractivity (Wildman–Crippen MR) is 77.0 cm³/mol. The van der Waals surface area contributed by atoms with Gasteiger partial charge in [0, 0.05) is 16.2 Å². The lowest BCUT2D eigenvalue weighted by atomic mass is 10.2. The Labute approximate surface area is 115 Å². The molecule has 0 amide bonds. The first kappa shape index (κ1) is 12.8. The lowest BCUT2D eigenvalue weighted by Gasteiger charge is -2.12. The van der Waals surface area contributed by atoms with Gasteiger partial charge in [-0.25, -0.2) is 0 Å². The molecule has 0 aromatic heterocycles. The molecule has 2 aromatic rings. The summed E-state index contributed by atoms with van der Waals surface area (Å²) in [4.78, 5) is 0. The third-order valence-corrected chi connectivity index (χ3v) is 3.06. The first-order valence-corrected chi connectivity index (χ1v) is 6.27. The van der Waals surface area contributed by atoms with Crippen LogP contribution >= 0.6 is 15.9 Å². The smallest absolute Gasteiger partial charge is 0.145 e. The van der Waals surface area contributed by atoms with Gasteiger partial charge in [-0.1, -0.05) is 15.9 Å². The molecule has 0 saturated heterocycles. The van der Waals surface area contributed by atoms with Gasteiger partial charge in [0.1, 0.15) is 11.5 Å². The first-order chi connectivity index (χ1) is 8.72. The molecule has 0 atom stereocenters. The molecule has 0 saturated carbocycles. The highest BCUT2D eigenvalue weighted by atomic mass is 79.9. The van der Waals surface area contributed by atoms with Crippen molar-refractivity contribution in [3.63, 3.8) is 0 Å². The summed E-state index contributed by atoms with van der Waals surface area (Å²) in [5.41, 5.74) is 1.90. The number of hydrogen-bond donors (Lipinski definition) is 1. The van der Waals surface area contributed by atoms with Gasteiger partial charge in [-0.2, -0.15) is 0 Å². The van der Waals surface area contributed by atoms with Crippen LogP contribution in [-0.4, -0.2) is 14.2 Å². The van der Waals surface area contributed by atoms with Crippen LogP contribution in [0.3, 0.4) is 0 Å². The summed E-state index contributed by atoms with van der Waals surface area (Å²) in [6.45, 7) is 0. The number of anilines is 2. The van der Waals surface area contributed by atoms with Gasteiger partial charge < -0.3 is 14.8 Å². The molecule has 0 fully saturated rings. The maximum atomic E-state index is 5.33. The molecule has 0 aliphatic rings. The Morgan fingerprint density at radius 3 is 2.28 bits per heavy atom. The van der Waals surface area contributed by atoms with E-state index in [1.165, 1.54) is 0 Å². The van der Waals surface area contributed by atoms with Crippen LogP contribution in [0.15, 0.2) is 46.9 Å². The molecule has 2 rings (SSSR count). The Bertz CT molecular complexity index is 526. The molecule has 0 aliphatic heterocycles. The van der Waals surface area contributed by atoms with Gasteiger partial charge in [-0.15, -0.1) is 0 Å². The lowest BCUT2D eigenvalue weighted by molar-refractivity contribution is 0.395. The van der Waals surface area contributed by atoms with E-state index in [0.29, 0.717) is 0 Å². The van der Waals surface area contributed by atoms with Crippen LogP contribution in [0.25, 0.3) is 0 Å². The molecule has 0 bridgehead atoms. The topological polar surface area (TPSA) is 30.5 Å². The van der Waals surface area contributed by atoms with Gasteiger partial charge in [-0.3, -0.25) is 0 Å². The van der Waals surface area contributed by atoms with Gasteiger partial charge in [0.25, 0.3) is 0 Å². The highest BCUT2D eigenvalue weighted by molar-refractivity contribution is 9.10. The molecule has 1 N–H and O–H groups in total. The van der Waals surface area contributed by atoms with Crippen molar-refractivity contribution < 1.29 is 9.47 Å². The van der Waals surface area contributed by atoms with E-state index >= 15 is 0 Å². The molecular formula is C14H14BrNO2. The van der Waals surface area contributed by atoms with E-state index in [0.717, 1.165) is 27.3 Å². The zero-order valence-electron chi connectivity index (χ0n) is 10.2. The van der Waals surface area contributed by atoms with Crippen LogP contribution in [0.5, 0.6) is 11.5 Å². The van der Waals surface area contributed by atoms with E-state index in [-0.39, 0.29) is 0 Å². The van der Waals surface area contributed by atoms with Gasteiger partial charge in [0.2, 0.25) is 0 Å². The van der Waals surface area contributed by atoms with Crippen molar-refractivity contribution in [2.45, 2.75) is 0 Å². The van der Waals surface area contributed by atoms with Gasteiger partial charge >= 0.3 is 0 Å². The number of ether oxygens (including phenoxy) is 2. The third-order valence-electron chi connectivity index (χ3n) is 2.53. The summed E-state index contributed by atoms with van der Waals surface area (Å²) in [5.74, 6) is 1.52. The molecular weight excluding hydrogens is 294 g/mol. The Morgan fingerprint density at radius 1 is 0.944 bits per heavy atom. The molecule has 18 heavy (non-hydrogen) atoms. The van der Waals surface area contributed by atoms with Crippen molar-refractivity contribution in [3.05, 3.63) is 46.9 Å². The van der Waals surface area contributed by atoms with Crippen molar-refractivity contribution in [1.29, 1.82) is 0 Å². The number of benzene rings is 2. The number of rotatable bonds is 4. The molecule has 0 heterocycles. The maximum Gasteiger partial charge on any atom is 0.145 e. The standard InChI is InChI=1S/C14H14BrNO2/c1-17-12-7-8-13(14(9-12)18-2)16-11-5-3-10(15)4-6-11/h3-9,16H,1-2H3. The summed E-state index contributed by atoms with van der Waals surface area (Å²) in [5, 5.41) is 3.30. The summed E-state index contributed by atoms with van der Waals surface area (Å²) < 4.78 is 11.5. The van der Waals surface area contributed by atoms with Crippen LogP contribution in [0.1, 0.15) is 0 Å². The van der Waals surface area contributed by atoms with Crippen LogP contribution in [0.4, 0.5) is 11.4 Å². The second-order valence-corrected chi connectivity index (χ2v) is 4.61. The van der Waals surface area contributed by atoms with Crippen molar-refractivity contribution in [3.8, 4) is 11.5 Å². The van der Waals surface area contributed by atoms with Gasteiger partial charge in [0.05, 0.1) is 19.9 Å². The molecule has 0 unspecified atom stereocenters. The average molecular weight is 308 g/mol. The van der Waals surface area contributed by atoms with E-state index in [4.69, 9.17) is 9.47 Å². The van der Waals surface area contributed by atoms with Crippen LogP contribution in [0.2, 0.25) is 0 Å². The van der Waals surface area contributed by atoms with E-state index in [2.05, 4.69) is 21.2 Å². The normalized spacial score (nSPS) is 9.94. The van der Waals surface area contributed by atoms with Crippen LogP contribution in [0, 0.1) is 0 Å². The zero-order valence-corrected chi connectivity index (χ0v) is 11.8. The second-order valence-electron chi connectivity index (χ2n) is 3.70. The monoisotopic (exact) mass is 307 g/mol. The molecule has 0 aliphatic carbocycles. The second kappa shape index (κ2) is 5.78. The van der Waals surface area contributed by atoms with Crippen LogP contribution < -0.4 is 14.8 Å². The molecule has 0 radical (unpaired) electrons. The summed E-state index contributed by atoms with van der Waals surface area (Å²) in [7, 11) is 3.28. The summed E-state index contributed by atoms with van der Waals surface area (Å²) in [6.07, 6.45) is 0. The fraction of sp³-hybridized carbons (Fsp3) is 0.143. The van der Waals surface area contributed by atoms with Crippen molar-refractivity contribution in [1.82, 2.24) is 0 Å². The molecule has 4 heteroatoms. The lowest BCUT2D eigenvalue weighted by Crippen LogP contribution is -1.95. The van der Waals surface area contributed by atoms with Crippen LogP contribution in [-0.2, 0) is 0 Å². The SMILES string of the molecule is COc1ccc(Nc2ccc(Br)cc2)c(OC)c1. The minimum absolute atomic E-state index is 0.747. The fourth-order valence-corrected chi connectivity index (χ4v) is 1.85. The number of methoxy groups -OCH3 is 2. The number of nitrogens with one attached hydrogen (secondary N) is 1. The van der Waals surface area contributed by atoms with Crippen molar-refractivity contribution in [2.24, 2.45) is 0 Å². The Morgan fingerprint density at radius 2 is 1.67 bits per heavy atom. The maximum absolute atomic E-state index is 5.33. The first-order valence-electron chi connectivity index (χ1n) is 5.47. The van der Waals surface area contributed by atoms with Gasteiger partial charge in [-0.05, 0) is 36.4 Å². The van der Waals surface area contributed by atoms with Gasteiger partial charge in [0.15, 0.2) is 0 Å². The Kier molecular flexibility index (Phi) is 4.10. The Balaban J connectivity index is 2.25. The molecule has 2 aromatic carbocycles. The number of hydrogen-bond acceptors (Lipinski definition) is 3. The zero-order chi connectivity index (χ0) is 13.0. The number of halogens is 1. The van der Waals surface area contributed by atoms with E-state index < -0.39 is 0 Å². The molecule has 3 nitrogen and oxygen atoms in total. The largest absolute Gasteiger partial charge is 0.497 e. The average Bonchev–Trinajstić information content (AvgIpc) is 2.41.